The molecule has 1 amide bonds. The van der Waals surface area contributed by atoms with E-state index in [-0.39, 0.29) is 23.6 Å². The number of nitrogens with one attached hydrogen (secondary N) is 1. The lowest BCUT2D eigenvalue weighted by molar-refractivity contribution is -0.125. The largest absolute Gasteiger partial charge is 0.288 e. The molecule has 6 nitrogen and oxygen atoms in total. The van der Waals surface area contributed by atoms with Crippen molar-refractivity contribution in [1.29, 1.82) is 0 Å². The maximum absolute atomic E-state index is 13.1. The fraction of sp³-hybridized carbons (Fsp3) is 0.182. The molecule has 1 aromatic carbocycles. The third kappa shape index (κ3) is 2.65. The maximum Gasteiger partial charge on any atom is 0.271 e. The number of halogens is 1. The Bertz CT molecular complexity index is 642. The average molecular weight is 286 g/mol. The first-order chi connectivity index (χ1) is 8.95. The summed E-state index contributed by atoms with van der Waals surface area (Å²) in [5.41, 5.74) is 1.58. The summed E-state index contributed by atoms with van der Waals surface area (Å²) in [6.07, 6.45) is 1.39. The second-order valence-corrected chi connectivity index (χ2v) is 5.86. The molecule has 1 aromatic rings. The van der Waals surface area contributed by atoms with Crippen LogP contribution in [0.25, 0.3) is 0 Å². The first kappa shape index (κ1) is 13.7. The Morgan fingerprint density at radius 1 is 1.42 bits per heavy atom. The lowest BCUT2D eigenvalue weighted by atomic mass is 10.3. The van der Waals surface area contributed by atoms with Crippen molar-refractivity contribution in [3.63, 3.8) is 0 Å². The fourth-order valence-electron chi connectivity index (χ4n) is 1.73. The van der Waals surface area contributed by atoms with Gasteiger partial charge in [-0.2, -0.15) is 4.31 Å². The van der Waals surface area contributed by atoms with Gasteiger partial charge in [0, 0.05) is 18.7 Å². The molecule has 0 fully saturated rings. The van der Waals surface area contributed by atoms with Crippen LogP contribution in [0.3, 0.4) is 0 Å². The molecule has 0 radical (unpaired) electrons. The standard InChI is InChI=1S/C11H11FN2O4S/c12-9-2-1-3-10(6-9)19(17,18)14-5-4-8(7-14)11(15)13-16/h1-4,6,16H,5,7H2,(H,13,15). The molecule has 0 spiro atoms. The molecular weight excluding hydrogens is 275 g/mol. The van der Waals surface area contributed by atoms with E-state index in [2.05, 4.69) is 0 Å². The molecule has 1 aliphatic heterocycles. The molecule has 0 bridgehead atoms. The summed E-state index contributed by atoms with van der Waals surface area (Å²) in [4.78, 5) is 11.0. The van der Waals surface area contributed by atoms with E-state index in [1.807, 2.05) is 0 Å². The minimum absolute atomic E-state index is 0.00159. The first-order valence-corrected chi connectivity index (χ1v) is 6.78. The molecule has 1 heterocycles. The van der Waals surface area contributed by atoms with E-state index in [0.717, 1.165) is 16.4 Å². The average Bonchev–Trinajstić information content (AvgIpc) is 2.88. The molecule has 0 atom stereocenters. The normalized spacial score (nSPS) is 16.2. The molecular formula is C11H11FN2O4S. The molecule has 0 saturated heterocycles. The van der Waals surface area contributed by atoms with Gasteiger partial charge in [0.1, 0.15) is 5.82 Å². The highest BCUT2D eigenvalue weighted by Crippen LogP contribution is 2.21. The summed E-state index contributed by atoms with van der Waals surface area (Å²) in [6.45, 7) is -0.160. The Morgan fingerprint density at radius 3 is 2.79 bits per heavy atom. The predicted octanol–water partition coefficient (Wildman–Crippen LogP) is 0.262. The van der Waals surface area contributed by atoms with Gasteiger partial charge in [-0.3, -0.25) is 10.0 Å². The van der Waals surface area contributed by atoms with E-state index in [1.54, 1.807) is 0 Å². The van der Waals surface area contributed by atoms with E-state index >= 15 is 0 Å². The van der Waals surface area contributed by atoms with E-state index in [4.69, 9.17) is 5.21 Å². The molecule has 0 aliphatic carbocycles. The quantitative estimate of drug-likeness (QED) is 0.616. The van der Waals surface area contributed by atoms with Gasteiger partial charge in [0.05, 0.1) is 4.90 Å². The first-order valence-electron chi connectivity index (χ1n) is 5.34. The Balaban J connectivity index is 2.22. The smallest absolute Gasteiger partial charge is 0.271 e. The van der Waals surface area contributed by atoms with Crippen LogP contribution >= 0.6 is 0 Å². The molecule has 0 unspecified atom stereocenters. The number of rotatable bonds is 3. The fourth-order valence-corrected chi connectivity index (χ4v) is 3.12. The zero-order valence-electron chi connectivity index (χ0n) is 9.71. The van der Waals surface area contributed by atoms with Crippen LogP contribution < -0.4 is 5.48 Å². The Hall–Kier alpha value is -1.77. The third-order valence-corrected chi connectivity index (χ3v) is 4.52. The van der Waals surface area contributed by atoms with Gasteiger partial charge >= 0.3 is 0 Å². The number of hydrogen-bond donors (Lipinski definition) is 2. The number of carbonyl (C=O) groups is 1. The van der Waals surface area contributed by atoms with Gasteiger partial charge in [0.15, 0.2) is 0 Å². The monoisotopic (exact) mass is 286 g/mol. The van der Waals surface area contributed by atoms with Gasteiger partial charge in [0.25, 0.3) is 5.91 Å². The van der Waals surface area contributed by atoms with Crippen molar-refractivity contribution in [3.8, 4) is 0 Å². The molecule has 1 aliphatic rings. The van der Waals surface area contributed by atoms with Crippen LogP contribution in [-0.4, -0.2) is 36.9 Å². The van der Waals surface area contributed by atoms with Crippen molar-refractivity contribution < 1.29 is 22.8 Å². The second kappa shape index (κ2) is 5.08. The lowest BCUT2D eigenvalue weighted by Gasteiger charge is -2.16. The van der Waals surface area contributed by atoms with Crippen molar-refractivity contribution >= 4 is 15.9 Å². The zero-order chi connectivity index (χ0) is 14.0. The van der Waals surface area contributed by atoms with Crippen LogP contribution in [0.15, 0.2) is 40.8 Å². The number of nitrogens with zero attached hydrogens (tertiary/aromatic N) is 1. The molecule has 0 saturated carbocycles. The van der Waals surface area contributed by atoms with E-state index < -0.39 is 21.7 Å². The molecule has 8 heteroatoms. The number of amides is 1. The summed E-state index contributed by atoms with van der Waals surface area (Å²) >= 11 is 0. The Labute approximate surface area is 109 Å². The summed E-state index contributed by atoms with van der Waals surface area (Å²) in [5, 5.41) is 8.48. The molecule has 0 aromatic heterocycles. The summed E-state index contributed by atoms with van der Waals surface area (Å²) in [6, 6.07) is 4.64. The molecule has 19 heavy (non-hydrogen) atoms. The minimum Gasteiger partial charge on any atom is -0.288 e. The van der Waals surface area contributed by atoms with Crippen LogP contribution in [-0.2, 0) is 14.8 Å². The van der Waals surface area contributed by atoms with Crippen LogP contribution in [0.5, 0.6) is 0 Å². The highest BCUT2D eigenvalue weighted by molar-refractivity contribution is 7.89. The van der Waals surface area contributed by atoms with Gasteiger partial charge in [-0.15, -0.1) is 0 Å². The number of sulfonamides is 1. The number of hydroxylamine groups is 1. The van der Waals surface area contributed by atoms with Gasteiger partial charge in [0.2, 0.25) is 10.0 Å². The predicted molar refractivity (Wildman–Crippen MR) is 63.2 cm³/mol. The second-order valence-electron chi connectivity index (χ2n) is 3.93. The SMILES string of the molecule is O=C(NO)C1=CCN(S(=O)(=O)c2cccc(F)c2)C1. The molecule has 2 rings (SSSR count). The van der Waals surface area contributed by atoms with Crippen molar-refractivity contribution in [3.05, 3.63) is 41.7 Å². The molecule has 102 valence electrons. The Morgan fingerprint density at radius 2 is 2.16 bits per heavy atom. The number of hydrogen-bond acceptors (Lipinski definition) is 4. The summed E-state index contributed by atoms with van der Waals surface area (Å²) in [5.74, 6) is -1.40. The lowest BCUT2D eigenvalue weighted by Crippen LogP contribution is -2.31. The van der Waals surface area contributed by atoms with Crippen LogP contribution in [0.4, 0.5) is 4.39 Å². The van der Waals surface area contributed by atoms with Crippen molar-refractivity contribution in [2.45, 2.75) is 4.90 Å². The molecule has 2 N–H and O–H groups in total. The van der Waals surface area contributed by atoms with Gasteiger partial charge in [-0.1, -0.05) is 12.1 Å². The summed E-state index contributed by atoms with van der Waals surface area (Å²) in [7, 11) is -3.86. The van der Waals surface area contributed by atoms with E-state index in [0.29, 0.717) is 0 Å². The maximum atomic E-state index is 13.1. The van der Waals surface area contributed by atoms with E-state index in [9.17, 15) is 17.6 Å². The van der Waals surface area contributed by atoms with Crippen molar-refractivity contribution in [1.82, 2.24) is 9.79 Å². The van der Waals surface area contributed by atoms with Crippen LogP contribution in [0.2, 0.25) is 0 Å². The summed E-state index contributed by atoms with van der Waals surface area (Å²) < 4.78 is 38.4. The number of benzene rings is 1. The van der Waals surface area contributed by atoms with Crippen LogP contribution in [0, 0.1) is 5.82 Å². The van der Waals surface area contributed by atoms with Crippen LogP contribution in [0.1, 0.15) is 0 Å². The van der Waals surface area contributed by atoms with Gasteiger partial charge in [-0.25, -0.2) is 18.3 Å². The number of carbonyl (C=O) groups excluding carboxylic acids is 1. The minimum atomic E-state index is -3.86. The third-order valence-electron chi connectivity index (χ3n) is 2.72. The highest BCUT2D eigenvalue weighted by Gasteiger charge is 2.30. The van der Waals surface area contributed by atoms with Gasteiger partial charge in [-0.05, 0) is 18.2 Å². The topological polar surface area (TPSA) is 86.7 Å². The van der Waals surface area contributed by atoms with Gasteiger partial charge < -0.3 is 0 Å². The van der Waals surface area contributed by atoms with Crippen molar-refractivity contribution in [2.75, 3.05) is 13.1 Å². The van der Waals surface area contributed by atoms with E-state index in [1.165, 1.54) is 23.7 Å². The zero-order valence-corrected chi connectivity index (χ0v) is 10.5. The van der Waals surface area contributed by atoms with Crippen molar-refractivity contribution in [2.24, 2.45) is 0 Å². The highest BCUT2D eigenvalue weighted by atomic mass is 32.2. The Kier molecular flexibility index (Phi) is 3.65.